The van der Waals surface area contributed by atoms with Crippen molar-refractivity contribution in [3.05, 3.63) is 61.0 Å². The molecule has 1 nitrogen and oxygen atoms in total. The Morgan fingerprint density at radius 1 is 1.10 bits per heavy atom. The van der Waals surface area contributed by atoms with Gasteiger partial charge >= 0.3 is 0 Å². The third kappa shape index (κ3) is 9.43. The highest BCUT2D eigenvalue weighted by Gasteiger charge is 2.13. The lowest BCUT2D eigenvalue weighted by molar-refractivity contribution is 0.383. The van der Waals surface area contributed by atoms with Crippen LogP contribution in [0.4, 0.5) is 0 Å². The molecule has 1 atom stereocenters. The SMILES string of the molecule is C=C/C=C\C=C(/C)C(CCC)N(C=CC)/C=C\C.CC. The van der Waals surface area contributed by atoms with E-state index in [1.54, 1.807) is 6.08 Å². The van der Waals surface area contributed by atoms with Crippen molar-refractivity contribution in [2.75, 3.05) is 0 Å². The molecule has 0 amide bonds. The molecule has 114 valence electrons. The summed E-state index contributed by atoms with van der Waals surface area (Å²) in [6, 6.07) is 0.428. The predicted molar refractivity (Wildman–Crippen MR) is 94.6 cm³/mol. The Morgan fingerprint density at radius 3 is 2.05 bits per heavy atom. The van der Waals surface area contributed by atoms with Crippen LogP contribution in [-0.2, 0) is 0 Å². The number of nitrogens with zero attached hydrogens (tertiary/aromatic N) is 1. The van der Waals surface area contributed by atoms with E-state index in [0.717, 1.165) is 6.42 Å². The van der Waals surface area contributed by atoms with Gasteiger partial charge in [-0.05, 0) is 39.6 Å². The lowest BCUT2D eigenvalue weighted by atomic mass is 10.0. The van der Waals surface area contributed by atoms with E-state index in [9.17, 15) is 0 Å². The molecule has 0 radical (unpaired) electrons. The zero-order valence-electron chi connectivity index (χ0n) is 14.3. The minimum atomic E-state index is 0.428. The normalized spacial score (nSPS) is 13.6. The van der Waals surface area contributed by atoms with E-state index < -0.39 is 0 Å². The van der Waals surface area contributed by atoms with Crippen LogP contribution in [0.5, 0.6) is 0 Å². The minimum Gasteiger partial charge on any atom is -0.348 e. The first-order valence-electron chi connectivity index (χ1n) is 7.70. The van der Waals surface area contributed by atoms with Crippen LogP contribution >= 0.6 is 0 Å². The summed E-state index contributed by atoms with van der Waals surface area (Å²) in [5.74, 6) is 0. The smallest absolute Gasteiger partial charge is 0.0539 e. The molecule has 0 aliphatic carbocycles. The number of hydrogen-bond acceptors (Lipinski definition) is 1. The van der Waals surface area contributed by atoms with Gasteiger partial charge < -0.3 is 4.90 Å². The summed E-state index contributed by atoms with van der Waals surface area (Å²) in [4.78, 5) is 2.27. The van der Waals surface area contributed by atoms with Gasteiger partial charge in [0.2, 0.25) is 0 Å². The number of hydrogen-bond donors (Lipinski definition) is 0. The fraction of sp³-hybridized carbons (Fsp3) is 0.474. The Bertz CT molecular complexity index is 320. The quantitative estimate of drug-likeness (QED) is 0.474. The van der Waals surface area contributed by atoms with E-state index in [1.165, 1.54) is 12.0 Å². The molecule has 0 saturated carbocycles. The molecule has 0 aliphatic heterocycles. The maximum absolute atomic E-state index is 3.68. The Balaban J connectivity index is 0. The molecule has 0 fully saturated rings. The van der Waals surface area contributed by atoms with Gasteiger partial charge in [0.1, 0.15) is 0 Å². The van der Waals surface area contributed by atoms with Crippen LogP contribution < -0.4 is 0 Å². The van der Waals surface area contributed by atoms with E-state index in [1.807, 2.05) is 19.9 Å². The largest absolute Gasteiger partial charge is 0.348 e. The van der Waals surface area contributed by atoms with Crippen LogP contribution in [0.25, 0.3) is 0 Å². The first-order chi connectivity index (χ1) is 9.71. The zero-order valence-corrected chi connectivity index (χ0v) is 14.3. The summed E-state index contributed by atoms with van der Waals surface area (Å²) >= 11 is 0. The highest BCUT2D eigenvalue weighted by atomic mass is 15.1. The summed E-state index contributed by atoms with van der Waals surface area (Å²) < 4.78 is 0. The van der Waals surface area contributed by atoms with Crippen LogP contribution in [0, 0.1) is 0 Å². The van der Waals surface area contributed by atoms with Crippen molar-refractivity contribution in [3.63, 3.8) is 0 Å². The van der Waals surface area contributed by atoms with Gasteiger partial charge in [0, 0.05) is 0 Å². The fourth-order valence-electron chi connectivity index (χ4n) is 1.88. The Morgan fingerprint density at radius 2 is 1.65 bits per heavy atom. The summed E-state index contributed by atoms with van der Waals surface area (Å²) in [7, 11) is 0. The van der Waals surface area contributed by atoms with Crippen molar-refractivity contribution in [2.24, 2.45) is 0 Å². The third-order valence-electron chi connectivity index (χ3n) is 2.70. The lowest BCUT2D eigenvalue weighted by Gasteiger charge is -2.28. The molecular weight excluding hydrogens is 242 g/mol. The van der Waals surface area contributed by atoms with Crippen LogP contribution in [-0.4, -0.2) is 10.9 Å². The highest BCUT2D eigenvalue weighted by Crippen LogP contribution is 2.17. The average molecular weight is 275 g/mol. The molecule has 0 saturated heterocycles. The summed E-state index contributed by atoms with van der Waals surface area (Å²) in [6.07, 6.45) is 18.7. The van der Waals surface area contributed by atoms with Crippen molar-refractivity contribution in [1.29, 1.82) is 0 Å². The van der Waals surface area contributed by atoms with Crippen LogP contribution in [0.1, 0.15) is 54.4 Å². The second-order valence-corrected chi connectivity index (χ2v) is 4.25. The highest BCUT2D eigenvalue weighted by molar-refractivity contribution is 5.20. The molecule has 0 aromatic carbocycles. The lowest BCUT2D eigenvalue weighted by Crippen LogP contribution is -2.27. The molecule has 0 rings (SSSR count). The van der Waals surface area contributed by atoms with Gasteiger partial charge in [-0.25, -0.2) is 0 Å². The van der Waals surface area contributed by atoms with Crippen molar-refractivity contribution in [1.82, 2.24) is 4.90 Å². The van der Waals surface area contributed by atoms with Crippen molar-refractivity contribution >= 4 is 0 Å². The van der Waals surface area contributed by atoms with Gasteiger partial charge in [0.05, 0.1) is 6.04 Å². The Kier molecular flexibility index (Phi) is 16.2. The monoisotopic (exact) mass is 275 g/mol. The van der Waals surface area contributed by atoms with Crippen molar-refractivity contribution in [3.8, 4) is 0 Å². The molecule has 1 unspecified atom stereocenters. The zero-order chi connectivity index (χ0) is 15.8. The van der Waals surface area contributed by atoms with Crippen LogP contribution in [0.2, 0.25) is 0 Å². The fourth-order valence-corrected chi connectivity index (χ4v) is 1.88. The second kappa shape index (κ2) is 15.6. The molecule has 0 heterocycles. The molecule has 0 aromatic rings. The molecule has 1 heteroatoms. The Labute approximate surface area is 127 Å². The molecule has 20 heavy (non-hydrogen) atoms. The predicted octanol–water partition coefficient (Wildman–Crippen LogP) is 6.24. The number of rotatable bonds is 8. The molecular formula is C19H33N. The molecule has 0 bridgehead atoms. The van der Waals surface area contributed by atoms with E-state index in [-0.39, 0.29) is 0 Å². The van der Waals surface area contributed by atoms with Crippen molar-refractivity contribution < 1.29 is 0 Å². The maximum Gasteiger partial charge on any atom is 0.0539 e. The Hall–Kier alpha value is -1.50. The van der Waals surface area contributed by atoms with E-state index >= 15 is 0 Å². The van der Waals surface area contributed by atoms with E-state index in [2.05, 4.69) is 75.9 Å². The van der Waals surface area contributed by atoms with Gasteiger partial charge in [0.15, 0.2) is 0 Å². The topological polar surface area (TPSA) is 3.24 Å². The van der Waals surface area contributed by atoms with Crippen molar-refractivity contribution in [2.45, 2.75) is 60.4 Å². The molecule has 0 aliphatic rings. The van der Waals surface area contributed by atoms with Gasteiger partial charge in [-0.1, -0.05) is 75.8 Å². The van der Waals surface area contributed by atoms with Crippen LogP contribution in [0.15, 0.2) is 61.0 Å². The molecule has 0 aromatic heterocycles. The molecule has 0 N–H and O–H groups in total. The van der Waals surface area contributed by atoms with Gasteiger partial charge in [-0.15, -0.1) is 0 Å². The number of allylic oxidation sites excluding steroid dienone is 6. The van der Waals surface area contributed by atoms with E-state index in [4.69, 9.17) is 0 Å². The van der Waals surface area contributed by atoms with Gasteiger partial charge in [-0.3, -0.25) is 0 Å². The maximum atomic E-state index is 3.68. The average Bonchev–Trinajstić information content (AvgIpc) is 2.47. The minimum absolute atomic E-state index is 0.428. The summed E-state index contributed by atoms with van der Waals surface area (Å²) in [5.41, 5.74) is 1.37. The van der Waals surface area contributed by atoms with Gasteiger partial charge in [0.25, 0.3) is 0 Å². The first kappa shape index (κ1) is 20.8. The third-order valence-corrected chi connectivity index (χ3v) is 2.70. The summed E-state index contributed by atoms with van der Waals surface area (Å²) in [6.45, 7) is 16.2. The molecule has 0 spiro atoms. The summed E-state index contributed by atoms with van der Waals surface area (Å²) in [5, 5.41) is 0. The second-order valence-electron chi connectivity index (χ2n) is 4.25. The van der Waals surface area contributed by atoms with Crippen LogP contribution in [0.3, 0.4) is 0 Å². The standard InChI is InChI=1S/C17H27N.C2H6/c1-6-10-11-13-16(5)17(12-7-2)18(14-8-3)15-9-4;1-2/h6,8-11,13-15,17H,1,7,12H2,2-5H3;1-2H3/b11-10-,14-8-,15-9?,16-13+;. The van der Waals surface area contributed by atoms with E-state index in [0.29, 0.717) is 6.04 Å². The van der Waals surface area contributed by atoms with Gasteiger partial charge in [-0.2, -0.15) is 0 Å². The first-order valence-corrected chi connectivity index (χ1v) is 7.70.